The van der Waals surface area contributed by atoms with Gasteiger partial charge in [0.25, 0.3) is 5.91 Å². The van der Waals surface area contributed by atoms with Gasteiger partial charge in [-0.3, -0.25) is 4.79 Å². The van der Waals surface area contributed by atoms with Gasteiger partial charge in [0.1, 0.15) is 0 Å². The molecule has 1 atom stereocenters. The number of hydrogen-bond donors (Lipinski definition) is 1. The fraction of sp³-hybridized carbons (Fsp3) is 0.333. The summed E-state index contributed by atoms with van der Waals surface area (Å²) in [6, 6.07) is 1.19. The van der Waals surface area contributed by atoms with Gasteiger partial charge in [-0.25, -0.2) is 4.68 Å². The van der Waals surface area contributed by atoms with Gasteiger partial charge in [0.2, 0.25) is 0 Å². The van der Waals surface area contributed by atoms with Crippen molar-refractivity contribution in [2.75, 3.05) is 0 Å². The number of carbonyl (C=O) groups excluding carboxylic acids is 1. The van der Waals surface area contributed by atoms with Gasteiger partial charge in [0.15, 0.2) is 0 Å². The van der Waals surface area contributed by atoms with Crippen LogP contribution in [0.4, 0.5) is 0 Å². The van der Waals surface area contributed by atoms with Crippen LogP contribution in [0.1, 0.15) is 11.7 Å². The lowest BCUT2D eigenvalue weighted by molar-refractivity contribution is 0.0870. The highest BCUT2D eigenvalue weighted by molar-refractivity contribution is 5.82. The first kappa shape index (κ1) is 6.95. The van der Waals surface area contributed by atoms with E-state index < -0.39 is 6.04 Å². The number of carbonyl (C=O) groups is 1. The molecule has 0 aromatic carbocycles. The fourth-order valence-corrected chi connectivity index (χ4v) is 0.608. The standard InChI is InChI=1S/C6H9N3O/c1-5(7)6(10)9-4-2-3-8-9/h2-5H,7H2,1H3/t5-/m0/s1. The van der Waals surface area contributed by atoms with Crippen molar-refractivity contribution in [1.29, 1.82) is 0 Å². The van der Waals surface area contributed by atoms with Gasteiger partial charge in [-0.05, 0) is 13.0 Å². The van der Waals surface area contributed by atoms with E-state index in [0.717, 1.165) is 0 Å². The molecule has 0 unspecified atom stereocenters. The molecule has 0 saturated carbocycles. The molecule has 1 aromatic heterocycles. The van der Waals surface area contributed by atoms with Crippen molar-refractivity contribution < 1.29 is 4.79 Å². The molecule has 0 aliphatic heterocycles. The van der Waals surface area contributed by atoms with E-state index >= 15 is 0 Å². The molecular weight excluding hydrogens is 130 g/mol. The fourth-order valence-electron chi connectivity index (χ4n) is 0.608. The summed E-state index contributed by atoms with van der Waals surface area (Å²) in [5, 5.41) is 3.72. The Morgan fingerprint density at radius 1 is 1.80 bits per heavy atom. The van der Waals surface area contributed by atoms with E-state index in [1.165, 1.54) is 4.68 Å². The predicted octanol–water partition coefficient (Wildman–Crippen LogP) is -0.130. The van der Waals surface area contributed by atoms with Crippen molar-refractivity contribution in [3.05, 3.63) is 18.5 Å². The molecule has 54 valence electrons. The summed E-state index contributed by atoms with van der Waals surface area (Å²) in [5.41, 5.74) is 5.32. The van der Waals surface area contributed by atoms with Crippen LogP contribution < -0.4 is 5.73 Å². The summed E-state index contributed by atoms with van der Waals surface area (Å²) >= 11 is 0. The van der Waals surface area contributed by atoms with Crippen LogP contribution in [0.5, 0.6) is 0 Å². The Hall–Kier alpha value is -1.16. The second kappa shape index (κ2) is 2.62. The van der Waals surface area contributed by atoms with Crippen molar-refractivity contribution in [1.82, 2.24) is 9.78 Å². The highest BCUT2D eigenvalue weighted by Gasteiger charge is 2.08. The molecule has 0 saturated heterocycles. The van der Waals surface area contributed by atoms with Gasteiger partial charge in [-0.2, -0.15) is 5.10 Å². The second-order valence-electron chi connectivity index (χ2n) is 2.08. The first-order chi connectivity index (χ1) is 4.72. The largest absolute Gasteiger partial charge is 0.320 e. The van der Waals surface area contributed by atoms with Crippen LogP contribution in [-0.4, -0.2) is 21.7 Å². The lowest BCUT2D eigenvalue weighted by atomic mass is 10.3. The van der Waals surface area contributed by atoms with Crippen molar-refractivity contribution in [2.24, 2.45) is 5.73 Å². The van der Waals surface area contributed by atoms with Crippen LogP contribution in [-0.2, 0) is 0 Å². The van der Waals surface area contributed by atoms with Gasteiger partial charge >= 0.3 is 0 Å². The maximum atomic E-state index is 11.0. The minimum Gasteiger partial charge on any atom is -0.320 e. The summed E-state index contributed by atoms with van der Waals surface area (Å²) in [5.74, 6) is -0.190. The normalized spacial score (nSPS) is 13.0. The SMILES string of the molecule is C[C@H](N)C(=O)n1cccn1. The molecule has 0 fully saturated rings. The van der Waals surface area contributed by atoms with Crippen LogP contribution in [0.2, 0.25) is 0 Å². The van der Waals surface area contributed by atoms with Crippen LogP contribution in [0.3, 0.4) is 0 Å². The van der Waals surface area contributed by atoms with Gasteiger partial charge in [0, 0.05) is 12.4 Å². The third kappa shape index (κ3) is 1.22. The smallest absolute Gasteiger partial charge is 0.263 e. The lowest BCUT2D eigenvalue weighted by Crippen LogP contribution is -2.31. The molecular formula is C6H9N3O. The summed E-state index contributed by atoms with van der Waals surface area (Å²) in [7, 11) is 0. The topological polar surface area (TPSA) is 60.9 Å². The molecule has 4 nitrogen and oxygen atoms in total. The number of rotatable bonds is 1. The quantitative estimate of drug-likeness (QED) is 0.589. The Bertz CT molecular complexity index is 215. The predicted molar refractivity (Wildman–Crippen MR) is 36.5 cm³/mol. The zero-order valence-electron chi connectivity index (χ0n) is 5.69. The molecule has 0 radical (unpaired) electrons. The second-order valence-corrected chi connectivity index (χ2v) is 2.08. The number of hydrogen-bond acceptors (Lipinski definition) is 3. The van der Waals surface area contributed by atoms with Gasteiger partial charge in [-0.15, -0.1) is 0 Å². The first-order valence-electron chi connectivity index (χ1n) is 3.01. The highest BCUT2D eigenvalue weighted by atomic mass is 16.2. The van der Waals surface area contributed by atoms with Crippen molar-refractivity contribution >= 4 is 5.91 Å². The van der Waals surface area contributed by atoms with E-state index in [9.17, 15) is 4.79 Å². The molecule has 1 aromatic rings. The monoisotopic (exact) mass is 139 g/mol. The van der Waals surface area contributed by atoms with Crippen LogP contribution in [0.15, 0.2) is 18.5 Å². The maximum absolute atomic E-state index is 11.0. The number of aromatic nitrogens is 2. The Labute approximate surface area is 58.6 Å². The highest BCUT2D eigenvalue weighted by Crippen LogP contribution is 1.87. The Morgan fingerprint density at radius 3 is 2.90 bits per heavy atom. The van der Waals surface area contributed by atoms with Gasteiger partial charge in [-0.1, -0.05) is 0 Å². The van der Waals surface area contributed by atoms with E-state index in [0.29, 0.717) is 0 Å². The van der Waals surface area contributed by atoms with Crippen molar-refractivity contribution in [3.63, 3.8) is 0 Å². The Balaban J connectivity index is 2.78. The van der Waals surface area contributed by atoms with Crippen LogP contribution in [0, 0.1) is 0 Å². The first-order valence-corrected chi connectivity index (χ1v) is 3.01. The van der Waals surface area contributed by atoms with Crippen molar-refractivity contribution in [3.8, 4) is 0 Å². The third-order valence-electron chi connectivity index (χ3n) is 1.12. The zero-order chi connectivity index (χ0) is 7.56. The molecule has 10 heavy (non-hydrogen) atoms. The average Bonchev–Trinajstić information content (AvgIpc) is 2.36. The number of nitrogens with zero attached hydrogens (tertiary/aromatic N) is 2. The zero-order valence-corrected chi connectivity index (χ0v) is 5.69. The van der Waals surface area contributed by atoms with Crippen molar-refractivity contribution in [2.45, 2.75) is 13.0 Å². The van der Waals surface area contributed by atoms with E-state index in [-0.39, 0.29) is 5.91 Å². The average molecular weight is 139 g/mol. The summed E-state index contributed by atoms with van der Waals surface area (Å²) in [6.07, 6.45) is 3.12. The molecule has 0 amide bonds. The van der Waals surface area contributed by atoms with Gasteiger partial charge in [0.05, 0.1) is 6.04 Å². The molecule has 1 heterocycles. The van der Waals surface area contributed by atoms with E-state index in [1.807, 2.05) is 0 Å². The van der Waals surface area contributed by atoms with E-state index in [4.69, 9.17) is 5.73 Å². The Kier molecular flexibility index (Phi) is 1.82. The lowest BCUT2D eigenvalue weighted by Gasteiger charge is -2.01. The Morgan fingerprint density at radius 2 is 2.50 bits per heavy atom. The number of nitrogens with two attached hydrogens (primary N) is 1. The summed E-state index contributed by atoms with van der Waals surface area (Å²) < 4.78 is 1.23. The van der Waals surface area contributed by atoms with E-state index in [2.05, 4.69) is 5.10 Å². The molecule has 1 rings (SSSR count). The molecule has 0 bridgehead atoms. The minimum absolute atomic E-state index is 0.190. The maximum Gasteiger partial charge on any atom is 0.263 e. The molecule has 4 heteroatoms. The summed E-state index contributed by atoms with van der Waals surface area (Å²) in [4.78, 5) is 11.0. The van der Waals surface area contributed by atoms with Crippen LogP contribution in [0.25, 0.3) is 0 Å². The summed E-state index contributed by atoms with van der Waals surface area (Å²) in [6.45, 7) is 1.63. The minimum atomic E-state index is -0.486. The molecule has 2 N–H and O–H groups in total. The third-order valence-corrected chi connectivity index (χ3v) is 1.12. The molecule has 0 spiro atoms. The molecule has 0 aliphatic carbocycles. The van der Waals surface area contributed by atoms with E-state index in [1.54, 1.807) is 25.4 Å². The van der Waals surface area contributed by atoms with Crippen LogP contribution >= 0.6 is 0 Å². The molecule has 0 aliphatic rings. The van der Waals surface area contributed by atoms with Gasteiger partial charge < -0.3 is 5.73 Å².